The average molecular weight is 344 g/mol. The molecule has 1 aromatic heterocycles. The molecule has 0 spiro atoms. The van der Waals surface area contributed by atoms with Gasteiger partial charge in [-0.2, -0.15) is 0 Å². The first-order valence-electron chi connectivity index (χ1n) is 8.32. The first kappa shape index (κ1) is 15.7. The van der Waals surface area contributed by atoms with Gasteiger partial charge >= 0.3 is 0 Å². The summed E-state index contributed by atoms with van der Waals surface area (Å²) in [6.45, 7) is 2.11. The van der Waals surface area contributed by atoms with E-state index in [9.17, 15) is 0 Å². The van der Waals surface area contributed by atoms with Crippen LogP contribution in [0.5, 0.6) is 0 Å². The van der Waals surface area contributed by atoms with Crippen LogP contribution in [0, 0.1) is 6.92 Å². The quantitative estimate of drug-likeness (QED) is 0.386. The summed E-state index contributed by atoms with van der Waals surface area (Å²) in [5.41, 5.74) is 7.06. The molecular formula is C23H18ClN. The minimum Gasteiger partial charge on any atom is -0.316 e. The topological polar surface area (TPSA) is 4.93 Å². The van der Waals surface area contributed by atoms with Gasteiger partial charge in [0.05, 0.1) is 5.69 Å². The fourth-order valence-corrected chi connectivity index (χ4v) is 3.32. The SMILES string of the molecule is Cc1ccc(-n2ccc(-c3cccc(Cl)c3)c2-c2ccccc2)cc1. The van der Waals surface area contributed by atoms with Crippen LogP contribution in [0.25, 0.3) is 28.1 Å². The molecule has 4 aromatic rings. The Morgan fingerprint density at radius 1 is 0.720 bits per heavy atom. The molecule has 0 saturated carbocycles. The lowest BCUT2D eigenvalue weighted by Crippen LogP contribution is -1.96. The lowest BCUT2D eigenvalue weighted by molar-refractivity contribution is 1.09. The molecule has 25 heavy (non-hydrogen) atoms. The van der Waals surface area contributed by atoms with Crippen LogP contribution in [0.1, 0.15) is 5.56 Å². The molecule has 0 bridgehead atoms. The molecule has 1 heterocycles. The van der Waals surface area contributed by atoms with E-state index >= 15 is 0 Å². The van der Waals surface area contributed by atoms with E-state index in [0.717, 1.165) is 16.3 Å². The predicted molar refractivity (Wildman–Crippen MR) is 106 cm³/mol. The zero-order chi connectivity index (χ0) is 17.2. The Bertz CT molecular complexity index is 998. The van der Waals surface area contributed by atoms with Crippen molar-refractivity contribution in [2.45, 2.75) is 6.92 Å². The first-order valence-corrected chi connectivity index (χ1v) is 8.70. The molecular weight excluding hydrogens is 326 g/mol. The van der Waals surface area contributed by atoms with E-state index in [0.29, 0.717) is 0 Å². The Balaban J connectivity index is 1.96. The van der Waals surface area contributed by atoms with Crippen molar-refractivity contribution >= 4 is 11.6 Å². The fourth-order valence-electron chi connectivity index (χ4n) is 3.13. The molecule has 0 unspecified atom stereocenters. The summed E-state index contributed by atoms with van der Waals surface area (Å²) in [6, 6.07) is 29.3. The summed E-state index contributed by atoms with van der Waals surface area (Å²) < 4.78 is 2.24. The van der Waals surface area contributed by atoms with E-state index < -0.39 is 0 Å². The van der Waals surface area contributed by atoms with Crippen LogP contribution in [0.15, 0.2) is 91.1 Å². The fraction of sp³-hybridized carbons (Fsp3) is 0.0435. The molecule has 0 aliphatic rings. The lowest BCUT2D eigenvalue weighted by Gasteiger charge is -2.13. The second-order valence-corrected chi connectivity index (χ2v) is 6.60. The van der Waals surface area contributed by atoms with Crippen LogP contribution < -0.4 is 0 Å². The molecule has 0 fully saturated rings. The normalized spacial score (nSPS) is 10.8. The number of benzene rings is 3. The maximum atomic E-state index is 6.23. The van der Waals surface area contributed by atoms with Gasteiger partial charge in [-0.3, -0.25) is 0 Å². The van der Waals surface area contributed by atoms with Crippen LogP contribution in [-0.2, 0) is 0 Å². The second-order valence-electron chi connectivity index (χ2n) is 6.16. The maximum Gasteiger partial charge on any atom is 0.0606 e. The van der Waals surface area contributed by atoms with Crippen LogP contribution in [0.2, 0.25) is 5.02 Å². The lowest BCUT2D eigenvalue weighted by atomic mass is 10.0. The minimum absolute atomic E-state index is 0.750. The molecule has 0 amide bonds. The summed E-state index contributed by atoms with van der Waals surface area (Å²) in [5.74, 6) is 0. The number of hydrogen-bond donors (Lipinski definition) is 0. The van der Waals surface area contributed by atoms with Crippen LogP contribution in [-0.4, -0.2) is 4.57 Å². The van der Waals surface area contributed by atoms with Crippen molar-refractivity contribution in [1.29, 1.82) is 0 Å². The first-order chi connectivity index (χ1) is 12.2. The van der Waals surface area contributed by atoms with E-state index in [1.807, 2.05) is 24.3 Å². The monoisotopic (exact) mass is 343 g/mol. The average Bonchev–Trinajstić information content (AvgIpc) is 3.08. The van der Waals surface area contributed by atoms with E-state index in [-0.39, 0.29) is 0 Å². The number of aromatic nitrogens is 1. The molecule has 3 aromatic carbocycles. The largest absolute Gasteiger partial charge is 0.316 e. The van der Waals surface area contributed by atoms with Crippen LogP contribution in [0.4, 0.5) is 0 Å². The molecule has 0 aliphatic carbocycles. The Morgan fingerprint density at radius 2 is 1.44 bits per heavy atom. The third-order valence-corrected chi connectivity index (χ3v) is 4.62. The van der Waals surface area contributed by atoms with Crippen molar-refractivity contribution in [3.63, 3.8) is 0 Å². The summed E-state index contributed by atoms with van der Waals surface area (Å²) in [5, 5.41) is 0.750. The van der Waals surface area contributed by atoms with Gasteiger partial charge in [0.1, 0.15) is 0 Å². The van der Waals surface area contributed by atoms with Crippen LogP contribution in [0.3, 0.4) is 0 Å². The standard InChI is InChI=1S/C23H18ClN/c1-17-10-12-21(13-11-17)25-15-14-22(19-8-5-9-20(24)16-19)23(25)18-6-3-2-4-7-18/h2-16H,1H3. The third-order valence-electron chi connectivity index (χ3n) is 4.38. The van der Waals surface area contributed by atoms with Gasteiger partial charge in [0.2, 0.25) is 0 Å². The third kappa shape index (κ3) is 3.11. The summed E-state index contributed by atoms with van der Waals surface area (Å²) >= 11 is 6.23. The van der Waals surface area contributed by atoms with Gasteiger partial charge in [0.15, 0.2) is 0 Å². The van der Waals surface area contributed by atoms with E-state index in [4.69, 9.17) is 11.6 Å². The molecule has 4 rings (SSSR count). The van der Waals surface area contributed by atoms with Crippen molar-refractivity contribution in [2.24, 2.45) is 0 Å². The number of nitrogens with zero attached hydrogens (tertiary/aromatic N) is 1. The second kappa shape index (κ2) is 6.62. The summed E-state index contributed by atoms with van der Waals surface area (Å²) in [4.78, 5) is 0. The van der Waals surface area contributed by atoms with Gasteiger partial charge < -0.3 is 4.57 Å². The zero-order valence-corrected chi connectivity index (χ0v) is 14.7. The number of halogens is 1. The van der Waals surface area contributed by atoms with Crippen molar-refractivity contribution in [3.8, 4) is 28.1 Å². The molecule has 1 nitrogen and oxygen atoms in total. The molecule has 122 valence electrons. The zero-order valence-electron chi connectivity index (χ0n) is 14.0. The highest BCUT2D eigenvalue weighted by Gasteiger charge is 2.14. The minimum atomic E-state index is 0.750. The Morgan fingerprint density at radius 3 is 2.16 bits per heavy atom. The van der Waals surface area contributed by atoms with Gasteiger partial charge in [0.25, 0.3) is 0 Å². The van der Waals surface area contributed by atoms with E-state index in [1.165, 1.54) is 22.4 Å². The molecule has 0 N–H and O–H groups in total. The van der Waals surface area contributed by atoms with Gasteiger partial charge in [0, 0.05) is 22.5 Å². The molecule has 0 aliphatic heterocycles. The summed E-state index contributed by atoms with van der Waals surface area (Å²) in [7, 11) is 0. The summed E-state index contributed by atoms with van der Waals surface area (Å²) in [6.07, 6.45) is 2.13. The number of hydrogen-bond acceptors (Lipinski definition) is 0. The van der Waals surface area contributed by atoms with Gasteiger partial charge in [-0.05, 0) is 48.4 Å². The van der Waals surface area contributed by atoms with E-state index in [2.05, 4.69) is 78.4 Å². The van der Waals surface area contributed by atoms with Gasteiger partial charge in [-0.25, -0.2) is 0 Å². The molecule has 0 radical (unpaired) electrons. The Hall–Kier alpha value is -2.77. The molecule has 2 heteroatoms. The Labute approximate surface area is 153 Å². The highest BCUT2D eigenvalue weighted by Crippen LogP contribution is 2.36. The number of rotatable bonds is 3. The van der Waals surface area contributed by atoms with E-state index in [1.54, 1.807) is 0 Å². The van der Waals surface area contributed by atoms with Gasteiger partial charge in [-0.15, -0.1) is 0 Å². The van der Waals surface area contributed by atoms with Crippen molar-refractivity contribution < 1.29 is 0 Å². The molecule has 0 saturated heterocycles. The van der Waals surface area contributed by atoms with Crippen molar-refractivity contribution in [1.82, 2.24) is 4.57 Å². The van der Waals surface area contributed by atoms with Crippen LogP contribution >= 0.6 is 11.6 Å². The predicted octanol–water partition coefficient (Wildman–Crippen LogP) is 6.77. The maximum absolute atomic E-state index is 6.23. The molecule has 0 atom stereocenters. The van der Waals surface area contributed by atoms with Gasteiger partial charge in [-0.1, -0.05) is 71.8 Å². The Kier molecular flexibility index (Phi) is 4.17. The highest BCUT2D eigenvalue weighted by atomic mass is 35.5. The number of aryl methyl sites for hydroxylation is 1. The van der Waals surface area contributed by atoms with Crippen molar-refractivity contribution in [3.05, 3.63) is 102 Å². The van der Waals surface area contributed by atoms with Crippen molar-refractivity contribution in [2.75, 3.05) is 0 Å². The highest BCUT2D eigenvalue weighted by molar-refractivity contribution is 6.30. The smallest absolute Gasteiger partial charge is 0.0606 e.